The number of benzene rings is 1. The largest absolute Gasteiger partial charge is 0.469 e. The maximum atomic E-state index is 13.7. The molecule has 1 aliphatic heterocycles. The third-order valence-electron chi connectivity index (χ3n) is 5.88. The molecule has 1 aliphatic rings. The van der Waals surface area contributed by atoms with Crippen LogP contribution in [0, 0.1) is 0 Å². The summed E-state index contributed by atoms with van der Waals surface area (Å²) in [5, 5.41) is 5.17. The van der Waals surface area contributed by atoms with Crippen LogP contribution in [0.2, 0.25) is 0 Å². The zero-order valence-electron chi connectivity index (χ0n) is 18.3. The number of hydrogen-bond acceptors (Lipinski definition) is 5. The molecule has 0 spiro atoms. The molecule has 3 heterocycles. The van der Waals surface area contributed by atoms with Crippen LogP contribution in [0.3, 0.4) is 0 Å². The number of hydrogen-bond donors (Lipinski definition) is 1. The molecule has 0 bridgehead atoms. The monoisotopic (exact) mass is 452 g/mol. The lowest BCUT2D eigenvalue weighted by Crippen LogP contribution is -2.49. The molecule has 2 aromatic heterocycles. The predicted octanol–water partition coefficient (Wildman–Crippen LogP) is 4.41. The molecule has 1 aromatic carbocycles. The van der Waals surface area contributed by atoms with Gasteiger partial charge in [-0.3, -0.25) is 9.59 Å². The summed E-state index contributed by atoms with van der Waals surface area (Å²) in [5.74, 6) is 0.274. The van der Waals surface area contributed by atoms with Gasteiger partial charge in [-0.25, -0.2) is 0 Å². The van der Waals surface area contributed by atoms with Crippen LogP contribution in [0.15, 0.2) is 64.6 Å². The Bertz CT molecular complexity index is 1030. The van der Waals surface area contributed by atoms with E-state index >= 15 is 0 Å². The first-order valence-corrected chi connectivity index (χ1v) is 11.7. The lowest BCUT2D eigenvalue weighted by molar-refractivity contribution is -0.125. The van der Waals surface area contributed by atoms with Crippen LogP contribution in [-0.2, 0) is 16.0 Å². The van der Waals surface area contributed by atoms with Gasteiger partial charge >= 0.3 is 0 Å². The Morgan fingerprint density at radius 2 is 2.06 bits per heavy atom. The minimum Gasteiger partial charge on any atom is -0.469 e. The summed E-state index contributed by atoms with van der Waals surface area (Å²) in [7, 11) is 1.62. The number of amides is 2. The van der Waals surface area contributed by atoms with E-state index < -0.39 is 5.92 Å². The molecule has 2 amide bonds. The van der Waals surface area contributed by atoms with Crippen LogP contribution in [0.4, 0.5) is 0 Å². The molecule has 0 radical (unpaired) electrons. The van der Waals surface area contributed by atoms with E-state index in [2.05, 4.69) is 5.32 Å². The Morgan fingerprint density at radius 1 is 1.22 bits per heavy atom. The summed E-state index contributed by atoms with van der Waals surface area (Å²) in [6.45, 7) is 2.83. The molecule has 3 atom stereocenters. The Morgan fingerprint density at radius 3 is 2.78 bits per heavy atom. The minimum absolute atomic E-state index is 0.0335. The molecule has 0 fully saturated rings. The van der Waals surface area contributed by atoms with E-state index in [9.17, 15) is 9.59 Å². The highest BCUT2D eigenvalue weighted by atomic mass is 32.1. The zero-order valence-corrected chi connectivity index (χ0v) is 19.1. The van der Waals surface area contributed by atoms with Crippen molar-refractivity contribution in [1.29, 1.82) is 0 Å². The van der Waals surface area contributed by atoms with Gasteiger partial charge in [0, 0.05) is 36.6 Å². The summed E-state index contributed by atoms with van der Waals surface area (Å²) in [5.41, 5.74) is 1.36. The fraction of sp³-hybridized carbons (Fsp3) is 0.360. The SMILES string of the molecule is COCCN1C(=O)c2ccccc2[C@H](C(=O)N[C@@H](C)CCc2ccco2)[C@@H]1c1cccs1. The van der Waals surface area contributed by atoms with E-state index in [4.69, 9.17) is 9.15 Å². The van der Waals surface area contributed by atoms with Crippen LogP contribution in [0.25, 0.3) is 0 Å². The van der Waals surface area contributed by atoms with Crippen molar-refractivity contribution in [2.45, 2.75) is 37.8 Å². The number of furan rings is 1. The lowest BCUT2D eigenvalue weighted by atomic mass is 9.81. The first-order valence-electron chi connectivity index (χ1n) is 10.8. The van der Waals surface area contributed by atoms with E-state index in [0.29, 0.717) is 18.7 Å². The molecule has 0 aliphatic carbocycles. The Labute approximate surface area is 192 Å². The van der Waals surface area contributed by atoms with Crippen molar-refractivity contribution in [2.75, 3.05) is 20.3 Å². The van der Waals surface area contributed by atoms with Gasteiger partial charge < -0.3 is 19.4 Å². The van der Waals surface area contributed by atoms with Crippen molar-refractivity contribution in [3.05, 3.63) is 81.9 Å². The van der Waals surface area contributed by atoms with Gasteiger partial charge in [0.1, 0.15) is 5.76 Å². The van der Waals surface area contributed by atoms with Gasteiger partial charge in [-0.1, -0.05) is 24.3 Å². The number of nitrogens with one attached hydrogen (secondary N) is 1. The second kappa shape index (κ2) is 10.1. The summed E-state index contributed by atoms with van der Waals surface area (Å²) >= 11 is 1.56. The van der Waals surface area contributed by atoms with Crippen LogP contribution in [0.5, 0.6) is 0 Å². The number of carbonyl (C=O) groups excluding carboxylic acids is 2. The van der Waals surface area contributed by atoms with Crippen molar-refractivity contribution in [1.82, 2.24) is 10.2 Å². The van der Waals surface area contributed by atoms with Gasteiger partial charge in [0.2, 0.25) is 5.91 Å². The number of rotatable bonds is 9. The van der Waals surface area contributed by atoms with Crippen LogP contribution in [0.1, 0.15) is 51.9 Å². The van der Waals surface area contributed by atoms with Crippen molar-refractivity contribution in [3.63, 3.8) is 0 Å². The molecule has 168 valence electrons. The van der Waals surface area contributed by atoms with Gasteiger partial charge in [-0.05, 0) is 48.6 Å². The van der Waals surface area contributed by atoms with Gasteiger partial charge in [0.05, 0.1) is 24.8 Å². The quantitative estimate of drug-likeness (QED) is 0.522. The fourth-order valence-corrected chi connectivity index (χ4v) is 5.18. The van der Waals surface area contributed by atoms with E-state index in [0.717, 1.165) is 29.0 Å². The second-order valence-corrected chi connectivity index (χ2v) is 9.02. The number of methoxy groups -OCH3 is 1. The third kappa shape index (κ3) is 4.64. The average Bonchev–Trinajstić information content (AvgIpc) is 3.51. The van der Waals surface area contributed by atoms with Crippen molar-refractivity contribution < 1.29 is 18.7 Å². The van der Waals surface area contributed by atoms with Crippen molar-refractivity contribution in [3.8, 4) is 0 Å². The predicted molar refractivity (Wildman–Crippen MR) is 124 cm³/mol. The van der Waals surface area contributed by atoms with Gasteiger partial charge in [0.25, 0.3) is 5.91 Å². The molecular formula is C25H28N2O4S. The van der Waals surface area contributed by atoms with Crippen molar-refractivity contribution in [2.24, 2.45) is 0 Å². The van der Waals surface area contributed by atoms with Gasteiger partial charge in [-0.15, -0.1) is 11.3 Å². The van der Waals surface area contributed by atoms with E-state index in [-0.39, 0.29) is 23.9 Å². The Balaban J connectivity index is 1.63. The number of ether oxygens (including phenoxy) is 1. The number of fused-ring (bicyclic) bond motifs is 1. The molecular weight excluding hydrogens is 424 g/mol. The molecule has 0 unspecified atom stereocenters. The smallest absolute Gasteiger partial charge is 0.254 e. The molecule has 7 heteroatoms. The maximum Gasteiger partial charge on any atom is 0.254 e. The topological polar surface area (TPSA) is 71.8 Å². The van der Waals surface area contributed by atoms with Crippen LogP contribution < -0.4 is 5.32 Å². The normalized spacial score (nSPS) is 18.9. The maximum absolute atomic E-state index is 13.7. The standard InChI is InChI=1S/C25H28N2O4S/c1-17(11-12-18-7-5-14-31-18)26-24(28)22-19-8-3-4-9-20(19)25(29)27(13-15-30-2)23(22)21-10-6-16-32-21/h3-10,14,16-17,22-23H,11-13,15H2,1-2H3,(H,26,28)/t17-,22-,23-/m0/s1. The van der Waals surface area contributed by atoms with E-state index in [1.54, 1.807) is 29.6 Å². The minimum atomic E-state index is -0.495. The highest BCUT2D eigenvalue weighted by Gasteiger charge is 2.44. The van der Waals surface area contributed by atoms with E-state index in [1.165, 1.54) is 0 Å². The van der Waals surface area contributed by atoms with E-state index in [1.807, 2.05) is 60.8 Å². The second-order valence-electron chi connectivity index (χ2n) is 8.04. The zero-order chi connectivity index (χ0) is 22.5. The molecule has 4 rings (SSSR count). The average molecular weight is 453 g/mol. The fourth-order valence-electron chi connectivity index (χ4n) is 4.30. The Kier molecular flexibility index (Phi) is 7.07. The van der Waals surface area contributed by atoms with Gasteiger partial charge in [-0.2, -0.15) is 0 Å². The number of nitrogens with zero attached hydrogens (tertiary/aromatic N) is 1. The van der Waals surface area contributed by atoms with Crippen LogP contribution >= 0.6 is 11.3 Å². The summed E-state index contributed by atoms with van der Waals surface area (Å²) in [6, 6.07) is 14.8. The molecule has 0 saturated carbocycles. The third-order valence-corrected chi connectivity index (χ3v) is 6.83. The first-order chi connectivity index (χ1) is 15.6. The molecule has 0 saturated heterocycles. The first kappa shape index (κ1) is 22.3. The number of aryl methyl sites for hydroxylation is 1. The molecule has 32 heavy (non-hydrogen) atoms. The Hall–Kier alpha value is -2.90. The molecule has 6 nitrogen and oxygen atoms in total. The number of thiophene rings is 1. The lowest BCUT2D eigenvalue weighted by Gasteiger charge is -2.41. The summed E-state index contributed by atoms with van der Waals surface area (Å²) in [6.07, 6.45) is 3.18. The van der Waals surface area contributed by atoms with Gasteiger partial charge in [0.15, 0.2) is 0 Å². The highest BCUT2D eigenvalue weighted by molar-refractivity contribution is 7.10. The number of carbonyl (C=O) groups is 2. The highest BCUT2D eigenvalue weighted by Crippen LogP contribution is 2.44. The van der Waals surface area contributed by atoms with Crippen LogP contribution in [-0.4, -0.2) is 43.0 Å². The molecule has 3 aromatic rings. The summed E-state index contributed by atoms with van der Waals surface area (Å²) < 4.78 is 10.7. The molecule has 1 N–H and O–H groups in total. The van der Waals surface area contributed by atoms with Crippen molar-refractivity contribution >= 4 is 23.2 Å². The summed E-state index contributed by atoms with van der Waals surface area (Å²) in [4.78, 5) is 29.8.